The molecule has 2 N–H and O–H groups in total. The van der Waals surface area contributed by atoms with Gasteiger partial charge in [0.25, 0.3) is 0 Å². The first kappa shape index (κ1) is 17.8. The quantitative estimate of drug-likeness (QED) is 0.835. The Bertz CT molecular complexity index is 678. The molecule has 0 unspecified atom stereocenters. The number of nitrogens with one attached hydrogen (secondary N) is 1. The average Bonchev–Trinajstić information content (AvgIpc) is 2.51. The fourth-order valence-corrected chi connectivity index (χ4v) is 2.82. The molecule has 0 spiro atoms. The normalized spacial score (nSPS) is 18.0. The van der Waals surface area contributed by atoms with Gasteiger partial charge in [-0.25, -0.2) is 0 Å². The fraction of sp³-hybridized carbons (Fsp3) is 0.444. The van der Waals surface area contributed by atoms with Crippen molar-refractivity contribution in [3.05, 3.63) is 30.0 Å². The van der Waals surface area contributed by atoms with E-state index in [0.717, 1.165) is 29.9 Å². The zero-order valence-corrected chi connectivity index (χ0v) is 14.5. The van der Waals surface area contributed by atoms with Gasteiger partial charge in [-0.2, -0.15) is 0 Å². The minimum Gasteiger partial charge on any atom is -0.493 e. The molecule has 0 heterocycles. The number of methoxy groups -OCH3 is 2. The summed E-state index contributed by atoms with van der Waals surface area (Å²) in [5.74, 6) is 0.399. The van der Waals surface area contributed by atoms with E-state index in [1.165, 1.54) is 0 Å². The Labute approximate surface area is 142 Å². The van der Waals surface area contributed by atoms with E-state index in [1.54, 1.807) is 14.2 Å². The van der Waals surface area contributed by atoms with Crippen LogP contribution in [-0.4, -0.2) is 37.6 Å². The molecule has 6 heteroatoms. The van der Waals surface area contributed by atoms with Gasteiger partial charge in [-0.15, -0.1) is 0 Å². The van der Waals surface area contributed by atoms with Crippen LogP contribution in [0.25, 0.3) is 0 Å². The summed E-state index contributed by atoms with van der Waals surface area (Å²) in [5.41, 5.74) is 2.71. The number of ether oxygens (including phenoxy) is 2. The predicted octanol–water partition coefficient (Wildman–Crippen LogP) is 3.35. The van der Waals surface area contributed by atoms with E-state index in [-0.39, 0.29) is 12.0 Å². The second-order valence-electron chi connectivity index (χ2n) is 6.58. The van der Waals surface area contributed by atoms with Gasteiger partial charge in [0, 0.05) is 23.2 Å². The highest BCUT2D eigenvalue weighted by Gasteiger charge is 2.26. The number of allylic oxidation sites excluding steroid dienone is 2. The summed E-state index contributed by atoms with van der Waals surface area (Å²) >= 11 is 0. The molecule has 130 valence electrons. The first-order valence-electron chi connectivity index (χ1n) is 7.78. The molecule has 0 radical (unpaired) electrons. The third-order valence-electron chi connectivity index (χ3n) is 3.78. The van der Waals surface area contributed by atoms with Crippen LogP contribution in [0.15, 0.2) is 35.0 Å². The number of aliphatic carboxylic acids is 1. The van der Waals surface area contributed by atoms with Crippen LogP contribution in [0.1, 0.15) is 26.7 Å². The van der Waals surface area contributed by atoms with E-state index < -0.39 is 5.97 Å². The van der Waals surface area contributed by atoms with Crippen molar-refractivity contribution in [2.75, 3.05) is 26.1 Å². The molecule has 6 nitrogen and oxygen atoms in total. The van der Waals surface area contributed by atoms with Crippen LogP contribution in [0.2, 0.25) is 0 Å². The topological polar surface area (TPSA) is 80.2 Å². The van der Waals surface area contributed by atoms with Crippen LogP contribution in [-0.2, 0) is 4.79 Å². The highest BCUT2D eigenvalue weighted by atomic mass is 16.5. The molecule has 1 aromatic rings. The number of carboxylic acid groups (broad SMARTS) is 1. The maximum absolute atomic E-state index is 10.7. The van der Waals surface area contributed by atoms with Gasteiger partial charge < -0.3 is 19.9 Å². The van der Waals surface area contributed by atoms with Gasteiger partial charge in [-0.1, -0.05) is 13.8 Å². The van der Waals surface area contributed by atoms with Crippen molar-refractivity contribution in [3.63, 3.8) is 0 Å². The third-order valence-corrected chi connectivity index (χ3v) is 3.78. The number of benzene rings is 1. The highest BCUT2D eigenvalue weighted by molar-refractivity contribution is 5.98. The smallest absolute Gasteiger partial charge is 0.325 e. The number of aliphatic imine (C=N–C) groups is 1. The number of carboxylic acids is 1. The molecule has 0 saturated carbocycles. The van der Waals surface area contributed by atoms with E-state index in [4.69, 9.17) is 14.6 Å². The average molecular weight is 332 g/mol. The molecule has 0 aromatic heterocycles. The molecule has 0 saturated heterocycles. The lowest BCUT2D eigenvalue weighted by molar-refractivity contribution is -0.135. The van der Waals surface area contributed by atoms with Crippen molar-refractivity contribution in [1.29, 1.82) is 0 Å². The van der Waals surface area contributed by atoms with Crippen LogP contribution in [0.3, 0.4) is 0 Å². The van der Waals surface area contributed by atoms with Crippen molar-refractivity contribution in [2.45, 2.75) is 26.7 Å². The van der Waals surface area contributed by atoms with Gasteiger partial charge >= 0.3 is 5.97 Å². The lowest BCUT2D eigenvalue weighted by Gasteiger charge is -2.31. The summed E-state index contributed by atoms with van der Waals surface area (Å²) in [6, 6.07) is 5.63. The predicted molar refractivity (Wildman–Crippen MR) is 94.2 cm³/mol. The van der Waals surface area contributed by atoms with Crippen molar-refractivity contribution in [1.82, 2.24) is 0 Å². The number of carbonyl (C=O) groups is 1. The van der Waals surface area contributed by atoms with Gasteiger partial charge in [0.2, 0.25) is 0 Å². The number of anilines is 1. The van der Waals surface area contributed by atoms with Crippen LogP contribution in [0.4, 0.5) is 5.69 Å². The molecular weight excluding hydrogens is 308 g/mol. The van der Waals surface area contributed by atoms with E-state index >= 15 is 0 Å². The van der Waals surface area contributed by atoms with Crippen molar-refractivity contribution in [3.8, 4) is 11.5 Å². The summed E-state index contributed by atoms with van der Waals surface area (Å²) in [5, 5.41) is 12.2. The monoisotopic (exact) mass is 332 g/mol. The molecule has 0 amide bonds. The Balaban J connectivity index is 2.23. The Morgan fingerprint density at radius 3 is 2.58 bits per heavy atom. The van der Waals surface area contributed by atoms with E-state index in [0.29, 0.717) is 11.5 Å². The Hall–Kier alpha value is -2.50. The number of rotatable bonds is 6. The second kappa shape index (κ2) is 7.38. The molecule has 0 fully saturated rings. The number of nitrogens with zero attached hydrogens (tertiary/aromatic N) is 1. The van der Waals surface area contributed by atoms with Crippen LogP contribution < -0.4 is 14.8 Å². The minimum atomic E-state index is -0.923. The standard InChI is InChI=1S/C18H24N2O4/c1-18(2)9-13(19-11-17(21)22)7-14(10-18)20-12-5-6-15(23-3)16(8-12)24-4/h5-8,20H,9-11H2,1-4H3,(H,21,22). The van der Waals surface area contributed by atoms with Crippen LogP contribution >= 0.6 is 0 Å². The zero-order chi connectivity index (χ0) is 17.7. The Kier molecular flexibility index (Phi) is 5.49. The molecule has 0 aliphatic heterocycles. The summed E-state index contributed by atoms with van der Waals surface area (Å²) in [4.78, 5) is 14.9. The van der Waals surface area contributed by atoms with Crippen molar-refractivity contribution in [2.24, 2.45) is 10.4 Å². The Morgan fingerprint density at radius 2 is 1.96 bits per heavy atom. The number of hydrogen-bond donors (Lipinski definition) is 2. The third kappa shape index (κ3) is 4.75. The van der Waals surface area contributed by atoms with E-state index in [9.17, 15) is 4.79 Å². The maximum Gasteiger partial charge on any atom is 0.325 e. The Morgan fingerprint density at radius 1 is 1.25 bits per heavy atom. The van der Waals surface area contributed by atoms with Gasteiger partial charge in [0.15, 0.2) is 11.5 Å². The summed E-state index contributed by atoms with van der Waals surface area (Å²) in [7, 11) is 3.20. The first-order chi connectivity index (χ1) is 11.3. The number of hydrogen-bond acceptors (Lipinski definition) is 5. The summed E-state index contributed by atoms with van der Waals surface area (Å²) in [6.45, 7) is 4.09. The highest BCUT2D eigenvalue weighted by Crippen LogP contribution is 2.36. The summed E-state index contributed by atoms with van der Waals surface area (Å²) in [6.07, 6.45) is 3.55. The molecule has 0 atom stereocenters. The molecule has 0 bridgehead atoms. The molecule has 2 rings (SSSR count). The van der Waals surface area contributed by atoms with E-state index in [1.807, 2.05) is 24.3 Å². The molecule has 24 heavy (non-hydrogen) atoms. The minimum absolute atomic E-state index is 0.0188. The first-order valence-corrected chi connectivity index (χ1v) is 7.78. The van der Waals surface area contributed by atoms with Gasteiger partial charge in [0.1, 0.15) is 6.54 Å². The second-order valence-corrected chi connectivity index (χ2v) is 6.58. The SMILES string of the molecule is COc1ccc(NC2=CC(=NCC(=O)O)CC(C)(C)C2)cc1OC. The van der Waals surface area contributed by atoms with Crippen LogP contribution in [0.5, 0.6) is 11.5 Å². The fourth-order valence-electron chi connectivity index (χ4n) is 2.82. The van der Waals surface area contributed by atoms with E-state index in [2.05, 4.69) is 24.2 Å². The largest absolute Gasteiger partial charge is 0.493 e. The lowest BCUT2D eigenvalue weighted by Crippen LogP contribution is -2.25. The van der Waals surface area contributed by atoms with Crippen LogP contribution in [0, 0.1) is 5.41 Å². The lowest BCUT2D eigenvalue weighted by atomic mass is 9.78. The van der Waals surface area contributed by atoms with Crippen molar-refractivity contribution >= 4 is 17.4 Å². The molecular formula is C18H24N2O4. The summed E-state index contributed by atoms with van der Waals surface area (Å²) < 4.78 is 10.6. The van der Waals surface area contributed by atoms with Gasteiger partial charge in [0.05, 0.1) is 14.2 Å². The van der Waals surface area contributed by atoms with Crippen molar-refractivity contribution < 1.29 is 19.4 Å². The maximum atomic E-state index is 10.7. The van der Waals surface area contributed by atoms with Gasteiger partial charge in [-0.3, -0.25) is 9.79 Å². The molecule has 1 aromatic carbocycles. The van der Waals surface area contributed by atoms with Gasteiger partial charge in [-0.05, 0) is 36.5 Å². The molecule has 1 aliphatic rings. The zero-order valence-electron chi connectivity index (χ0n) is 14.5. The molecule has 1 aliphatic carbocycles.